The van der Waals surface area contributed by atoms with Crippen LogP contribution in [-0.4, -0.2) is 12.0 Å². The first kappa shape index (κ1) is 8.26. The van der Waals surface area contributed by atoms with Crippen LogP contribution in [0.5, 0.6) is 0 Å². The number of carbonyl (C=O) groups is 1. The molecule has 1 rings (SSSR count). The molecule has 1 aromatic carbocycles. The Labute approximate surface area is 69.5 Å². The van der Waals surface area contributed by atoms with Crippen molar-refractivity contribution in [1.82, 2.24) is 0 Å². The molecular formula is C8H8N2O2. The second kappa shape index (κ2) is 3.52. The number of ether oxygens (including phenoxy) is 1. The maximum absolute atomic E-state index is 11.0. The summed E-state index contributed by atoms with van der Waals surface area (Å²) in [5.74, 6) is -0.608. The van der Waals surface area contributed by atoms with Crippen LogP contribution in [0.15, 0.2) is 30.3 Å². The summed E-state index contributed by atoms with van der Waals surface area (Å²) in [5, 5.41) is 6.71. The monoisotopic (exact) mass is 164 g/mol. The number of nitrogens with one attached hydrogen (secondary N) is 1. The summed E-state index contributed by atoms with van der Waals surface area (Å²) in [6.07, 6.45) is 0. The number of amidine groups is 1. The molecule has 0 saturated heterocycles. The van der Waals surface area contributed by atoms with Gasteiger partial charge in [-0.1, -0.05) is 18.2 Å². The van der Waals surface area contributed by atoms with E-state index in [1.54, 1.807) is 30.3 Å². The summed E-state index contributed by atoms with van der Waals surface area (Å²) in [5.41, 5.74) is 5.25. The maximum atomic E-state index is 11.0. The molecule has 0 spiro atoms. The third-order valence-electron chi connectivity index (χ3n) is 1.21. The van der Waals surface area contributed by atoms with Gasteiger partial charge in [-0.3, -0.25) is 5.41 Å². The molecule has 0 atom stereocenters. The van der Waals surface area contributed by atoms with E-state index in [2.05, 4.69) is 4.74 Å². The predicted molar refractivity (Wildman–Crippen MR) is 43.8 cm³/mol. The summed E-state index contributed by atoms with van der Waals surface area (Å²) in [6.45, 7) is 0. The SMILES string of the molecule is N=C(N)OC(=O)c1ccccc1. The first-order chi connectivity index (χ1) is 5.70. The van der Waals surface area contributed by atoms with Crippen molar-refractivity contribution in [3.63, 3.8) is 0 Å². The van der Waals surface area contributed by atoms with E-state index in [1.165, 1.54) is 0 Å². The number of hydrogen-bond donors (Lipinski definition) is 2. The molecule has 0 fully saturated rings. The molecule has 0 bridgehead atoms. The molecule has 0 aliphatic heterocycles. The number of esters is 1. The summed E-state index contributed by atoms with van der Waals surface area (Å²) in [7, 11) is 0. The van der Waals surface area contributed by atoms with Crippen molar-refractivity contribution in [2.24, 2.45) is 5.73 Å². The normalized spacial score (nSPS) is 9.00. The van der Waals surface area contributed by atoms with E-state index in [0.717, 1.165) is 0 Å². The van der Waals surface area contributed by atoms with Crippen molar-refractivity contribution in [2.45, 2.75) is 0 Å². The Balaban J connectivity index is 2.73. The molecule has 4 nitrogen and oxygen atoms in total. The second-order valence-electron chi connectivity index (χ2n) is 2.12. The van der Waals surface area contributed by atoms with E-state index in [9.17, 15) is 4.79 Å². The van der Waals surface area contributed by atoms with Gasteiger partial charge < -0.3 is 10.5 Å². The maximum Gasteiger partial charge on any atom is 0.345 e. The molecule has 1 aromatic rings. The zero-order valence-corrected chi connectivity index (χ0v) is 6.28. The molecule has 0 saturated carbocycles. The van der Waals surface area contributed by atoms with Crippen molar-refractivity contribution < 1.29 is 9.53 Å². The summed E-state index contributed by atoms with van der Waals surface area (Å²) >= 11 is 0. The van der Waals surface area contributed by atoms with Crippen LogP contribution < -0.4 is 5.73 Å². The van der Waals surface area contributed by atoms with Crippen LogP contribution in [0.3, 0.4) is 0 Å². The van der Waals surface area contributed by atoms with Gasteiger partial charge in [0.1, 0.15) is 0 Å². The Morgan fingerprint density at radius 3 is 2.42 bits per heavy atom. The Hall–Kier alpha value is -1.84. The van der Waals surface area contributed by atoms with Crippen LogP contribution in [0.1, 0.15) is 10.4 Å². The quantitative estimate of drug-likeness (QED) is 0.365. The molecule has 62 valence electrons. The molecule has 3 N–H and O–H groups in total. The third kappa shape index (κ3) is 2.09. The molecular weight excluding hydrogens is 156 g/mol. The van der Waals surface area contributed by atoms with Gasteiger partial charge in [0.2, 0.25) is 0 Å². The van der Waals surface area contributed by atoms with Gasteiger partial charge in [-0.2, -0.15) is 0 Å². The number of carbonyl (C=O) groups excluding carboxylic acids is 1. The zero-order chi connectivity index (χ0) is 8.97. The largest absolute Gasteiger partial charge is 0.389 e. The molecule has 12 heavy (non-hydrogen) atoms. The summed E-state index contributed by atoms with van der Waals surface area (Å²) in [4.78, 5) is 11.0. The zero-order valence-electron chi connectivity index (χ0n) is 6.28. The molecule has 0 aliphatic rings. The van der Waals surface area contributed by atoms with E-state index >= 15 is 0 Å². The lowest BCUT2D eigenvalue weighted by atomic mass is 10.2. The molecule has 0 unspecified atom stereocenters. The standard InChI is InChI=1S/C8H8N2O2/c9-8(10)12-7(11)6-4-2-1-3-5-6/h1-5H,(H3,9,10). The van der Waals surface area contributed by atoms with Crippen LogP contribution in [0, 0.1) is 5.41 Å². The van der Waals surface area contributed by atoms with Crippen LogP contribution >= 0.6 is 0 Å². The molecule has 0 aliphatic carbocycles. The highest BCUT2D eigenvalue weighted by Crippen LogP contribution is 1.99. The van der Waals surface area contributed by atoms with E-state index in [1.807, 2.05) is 0 Å². The van der Waals surface area contributed by atoms with Crippen molar-refractivity contribution in [3.8, 4) is 0 Å². The fourth-order valence-corrected chi connectivity index (χ4v) is 0.733. The first-order valence-electron chi connectivity index (χ1n) is 3.31. The van der Waals surface area contributed by atoms with Crippen molar-refractivity contribution in [2.75, 3.05) is 0 Å². The Kier molecular flexibility index (Phi) is 2.42. The lowest BCUT2D eigenvalue weighted by Gasteiger charge is -1.99. The summed E-state index contributed by atoms with van der Waals surface area (Å²) < 4.78 is 4.36. The molecule has 0 heterocycles. The van der Waals surface area contributed by atoms with Gasteiger partial charge in [-0.15, -0.1) is 0 Å². The number of benzene rings is 1. The number of nitrogens with two attached hydrogens (primary N) is 1. The minimum Gasteiger partial charge on any atom is -0.389 e. The second-order valence-corrected chi connectivity index (χ2v) is 2.12. The minimum atomic E-state index is -0.608. The van der Waals surface area contributed by atoms with Crippen molar-refractivity contribution in [3.05, 3.63) is 35.9 Å². The molecule has 0 radical (unpaired) electrons. The van der Waals surface area contributed by atoms with Gasteiger partial charge in [0, 0.05) is 0 Å². The summed E-state index contributed by atoms with van der Waals surface area (Å²) in [6, 6.07) is 7.78. The molecule has 0 amide bonds. The Morgan fingerprint density at radius 1 is 1.33 bits per heavy atom. The van der Waals surface area contributed by atoms with Gasteiger partial charge in [0.15, 0.2) is 0 Å². The predicted octanol–water partition coefficient (Wildman–Crippen LogP) is 0.737. The number of rotatable bonds is 1. The average molecular weight is 164 g/mol. The fraction of sp³-hybridized carbons (Fsp3) is 0. The molecule has 0 aromatic heterocycles. The highest BCUT2D eigenvalue weighted by atomic mass is 16.5. The van der Waals surface area contributed by atoms with Gasteiger partial charge in [-0.25, -0.2) is 4.79 Å². The Bertz CT molecular complexity index is 295. The first-order valence-corrected chi connectivity index (χ1v) is 3.31. The van der Waals surface area contributed by atoms with Crippen LogP contribution in [0.4, 0.5) is 0 Å². The topological polar surface area (TPSA) is 76.2 Å². The van der Waals surface area contributed by atoms with Crippen LogP contribution in [0.25, 0.3) is 0 Å². The van der Waals surface area contributed by atoms with E-state index in [4.69, 9.17) is 11.1 Å². The highest BCUT2D eigenvalue weighted by molar-refractivity contribution is 5.96. The van der Waals surface area contributed by atoms with Gasteiger partial charge in [0.05, 0.1) is 5.56 Å². The van der Waals surface area contributed by atoms with Crippen LogP contribution in [0.2, 0.25) is 0 Å². The lowest BCUT2D eigenvalue weighted by Crippen LogP contribution is -2.19. The van der Waals surface area contributed by atoms with Crippen molar-refractivity contribution in [1.29, 1.82) is 5.41 Å². The van der Waals surface area contributed by atoms with E-state index in [0.29, 0.717) is 5.56 Å². The van der Waals surface area contributed by atoms with E-state index in [-0.39, 0.29) is 0 Å². The number of hydrogen-bond acceptors (Lipinski definition) is 3. The Morgan fingerprint density at radius 2 is 1.92 bits per heavy atom. The fourth-order valence-electron chi connectivity index (χ4n) is 0.733. The third-order valence-corrected chi connectivity index (χ3v) is 1.21. The van der Waals surface area contributed by atoms with Crippen LogP contribution in [-0.2, 0) is 4.74 Å². The molecule has 4 heteroatoms. The highest BCUT2D eigenvalue weighted by Gasteiger charge is 2.06. The minimum absolute atomic E-state index is 0.382. The van der Waals surface area contributed by atoms with Gasteiger partial charge in [-0.05, 0) is 12.1 Å². The van der Waals surface area contributed by atoms with Gasteiger partial charge in [0.25, 0.3) is 6.02 Å². The lowest BCUT2D eigenvalue weighted by molar-refractivity contribution is 0.0712. The van der Waals surface area contributed by atoms with Crippen molar-refractivity contribution >= 4 is 12.0 Å². The smallest absolute Gasteiger partial charge is 0.345 e. The van der Waals surface area contributed by atoms with Gasteiger partial charge >= 0.3 is 5.97 Å². The average Bonchev–Trinajstić information content (AvgIpc) is 2.05. The van der Waals surface area contributed by atoms with E-state index < -0.39 is 12.0 Å².